The van der Waals surface area contributed by atoms with Crippen molar-refractivity contribution in [1.29, 1.82) is 0 Å². The summed E-state index contributed by atoms with van der Waals surface area (Å²) in [7, 11) is 0. The number of anilines is 3. The van der Waals surface area contributed by atoms with Crippen LogP contribution >= 0.6 is 0 Å². The summed E-state index contributed by atoms with van der Waals surface area (Å²) in [5.74, 6) is 1.02. The van der Waals surface area contributed by atoms with E-state index in [1.807, 2.05) is 0 Å². The van der Waals surface area contributed by atoms with Crippen LogP contribution in [0.5, 0.6) is 0 Å². The largest absolute Gasteiger partial charge is 0.311 e. The van der Waals surface area contributed by atoms with Crippen molar-refractivity contribution in [3.8, 4) is 50.2 Å². The fourth-order valence-electron chi connectivity index (χ4n) is 11.2. The van der Waals surface area contributed by atoms with Gasteiger partial charge in [-0.05, 0) is 218 Å². The number of hydrogen-bond acceptors (Lipinski definition) is 1. The molecule has 0 aliphatic carbocycles. The van der Waals surface area contributed by atoms with E-state index >= 15 is 0 Å². The Labute approximate surface area is 453 Å². The Morgan fingerprint density at radius 1 is 0.289 bits per heavy atom. The zero-order valence-electron chi connectivity index (χ0n) is 46.7. The second kappa shape index (κ2) is 21.6. The van der Waals surface area contributed by atoms with Gasteiger partial charge in [0.2, 0.25) is 0 Å². The fraction of sp³-hybridized carbons (Fsp3) is 0.189. The molecule has 0 fully saturated rings. The Morgan fingerprint density at radius 3 is 0.895 bits per heavy atom. The molecule has 76 heavy (non-hydrogen) atoms. The molecule has 0 saturated carbocycles. The quantitative estimate of drug-likeness (QED) is 0.133. The smallest absolute Gasteiger partial charge is 0.0541 e. The van der Waals surface area contributed by atoms with Crippen LogP contribution in [0.4, 0.5) is 17.1 Å². The number of rotatable bonds is 10. The first-order valence-corrected chi connectivity index (χ1v) is 27.2. The highest BCUT2D eigenvalue weighted by Crippen LogP contribution is 2.41. The number of nitrogens with zero attached hydrogens (tertiary/aromatic N) is 2. The van der Waals surface area contributed by atoms with E-state index in [1.165, 1.54) is 128 Å². The van der Waals surface area contributed by atoms with Gasteiger partial charge in [-0.3, -0.25) is 0 Å². The van der Waals surface area contributed by atoms with Gasteiger partial charge in [0.25, 0.3) is 0 Å². The minimum atomic E-state index is 0.506. The normalized spacial score (nSPS) is 11.4. The number of hydrogen-bond donors (Lipinski definition) is 0. The molecule has 0 atom stereocenters. The zero-order chi connectivity index (χ0) is 53.4. The zero-order valence-corrected chi connectivity index (χ0v) is 46.7. The summed E-state index contributed by atoms with van der Waals surface area (Å²) in [5, 5.41) is 2.58. The summed E-state index contributed by atoms with van der Waals surface area (Å²) >= 11 is 0. The Hall–Kier alpha value is -8.20. The lowest BCUT2D eigenvalue weighted by Crippen LogP contribution is -2.10. The van der Waals surface area contributed by atoms with Crippen LogP contribution in [0.3, 0.4) is 0 Å². The van der Waals surface area contributed by atoms with Crippen molar-refractivity contribution < 1.29 is 0 Å². The molecule has 1 aromatic heterocycles. The van der Waals surface area contributed by atoms with Gasteiger partial charge in [0.15, 0.2) is 0 Å². The molecule has 2 heteroatoms. The third kappa shape index (κ3) is 10.6. The van der Waals surface area contributed by atoms with Crippen LogP contribution in [-0.2, 0) is 0 Å². The minimum Gasteiger partial charge on any atom is -0.311 e. The molecule has 10 aromatic carbocycles. The van der Waals surface area contributed by atoms with Crippen LogP contribution < -0.4 is 4.90 Å². The lowest BCUT2D eigenvalue weighted by atomic mass is 9.95. The number of fused-ring (bicyclic) bond motifs is 3. The van der Waals surface area contributed by atoms with Crippen molar-refractivity contribution in [3.63, 3.8) is 0 Å². The molecule has 0 bridgehead atoms. The second-order valence-corrected chi connectivity index (χ2v) is 22.0. The van der Waals surface area contributed by atoms with Gasteiger partial charge in [-0.15, -0.1) is 0 Å². The monoisotopic (exact) mass is 989 g/mol. The molecule has 0 N–H and O–H groups in total. The third-order valence-electron chi connectivity index (χ3n) is 15.4. The van der Waals surface area contributed by atoms with Gasteiger partial charge in [0, 0.05) is 33.5 Å². The maximum atomic E-state index is 2.42. The van der Waals surface area contributed by atoms with Crippen molar-refractivity contribution in [2.75, 3.05) is 4.90 Å². The Kier molecular flexibility index (Phi) is 14.6. The summed E-state index contributed by atoms with van der Waals surface area (Å²) in [6.45, 7) is 26.4. The molecule has 0 spiro atoms. The average molecular weight is 989 g/mol. The van der Waals surface area contributed by atoms with Gasteiger partial charge in [0.1, 0.15) is 0 Å². The van der Waals surface area contributed by atoms with Gasteiger partial charge < -0.3 is 9.47 Å². The van der Waals surface area contributed by atoms with E-state index in [1.54, 1.807) is 0 Å². The summed E-state index contributed by atoms with van der Waals surface area (Å²) < 4.78 is 2.42. The predicted molar refractivity (Wildman–Crippen MR) is 330 cm³/mol. The molecule has 0 saturated heterocycles. The highest BCUT2D eigenvalue weighted by atomic mass is 15.1. The van der Waals surface area contributed by atoms with Crippen LogP contribution in [0.1, 0.15) is 95.2 Å². The maximum absolute atomic E-state index is 2.42. The summed E-state index contributed by atoms with van der Waals surface area (Å²) in [6.07, 6.45) is 0. The predicted octanol–water partition coefficient (Wildman–Crippen LogP) is 21.3. The molecular weight excluding hydrogens is 917 g/mol. The summed E-state index contributed by atoms with van der Waals surface area (Å²) in [4.78, 5) is 2.35. The molecule has 0 unspecified atom stereocenters. The molecule has 0 radical (unpaired) electrons. The lowest BCUT2D eigenvalue weighted by molar-refractivity contribution is 0.866. The van der Waals surface area contributed by atoms with Crippen molar-refractivity contribution >= 4 is 38.9 Å². The van der Waals surface area contributed by atoms with E-state index in [9.17, 15) is 0 Å². The van der Waals surface area contributed by atoms with Gasteiger partial charge in [0.05, 0.1) is 11.0 Å². The Morgan fingerprint density at radius 2 is 0.579 bits per heavy atom. The third-order valence-corrected chi connectivity index (χ3v) is 15.4. The molecular formula is C74H72N2. The highest BCUT2D eigenvalue weighted by Gasteiger charge is 2.18. The van der Waals surface area contributed by atoms with E-state index in [0.29, 0.717) is 11.8 Å². The van der Waals surface area contributed by atoms with Crippen molar-refractivity contribution in [2.45, 2.75) is 94.9 Å². The van der Waals surface area contributed by atoms with Crippen LogP contribution in [0.2, 0.25) is 0 Å². The molecule has 2 nitrogen and oxygen atoms in total. The fourth-order valence-corrected chi connectivity index (χ4v) is 11.2. The van der Waals surface area contributed by atoms with E-state index in [0.717, 1.165) is 17.1 Å². The first-order chi connectivity index (χ1) is 36.6. The number of benzene rings is 10. The van der Waals surface area contributed by atoms with Crippen molar-refractivity contribution in [2.24, 2.45) is 0 Å². The van der Waals surface area contributed by atoms with Crippen LogP contribution in [0.15, 0.2) is 206 Å². The standard InChI is InChI=1S/C37H35N.C37H37N/c1-23(2)28-9-13-31(14-10-28)38-36-17-11-29(32-15-7-24(3)19-26(32)5)21-34(36)35-22-30(12-18-37(35)38)33-16-8-25(4)20-27(33)6;1-25(2)30-9-15-33(16-10-30)38(34-17-11-31(12-18-34)36-21-7-26(3)23-28(36)5)35-19-13-32(14-20-35)37-22-8-27(4)24-29(37)6/h7-23H,1-6H3;7-25H,1-6H3. The number of aryl methyl sites for hydroxylation is 8. The van der Waals surface area contributed by atoms with Crippen molar-refractivity contribution in [1.82, 2.24) is 4.57 Å². The van der Waals surface area contributed by atoms with Gasteiger partial charge in [-0.2, -0.15) is 0 Å². The second-order valence-electron chi connectivity index (χ2n) is 22.0. The van der Waals surface area contributed by atoms with E-state index in [4.69, 9.17) is 0 Å². The summed E-state index contributed by atoms with van der Waals surface area (Å²) in [6, 6.07) is 76.8. The van der Waals surface area contributed by atoms with Crippen LogP contribution in [0, 0.1) is 55.4 Å². The van der Waals surface area contributed by atoms with Crippen molar-refractivity contribution in [3.05, 3.63) is 262 Å². The van der Waals surface area contributed by atoms with E-state index < -0.39 is 0 Å². The molecule has 11 rings (SSSR count). The molecule has 11 aromatic rings. The maximum Gasteiger partial charge on any atom is 0.0541 e. The van der Waals surface area contributed by atoms with Gasteiger partial charge >= 0.3 is 0 Å². The topological polar surface area (TPSA) is 8.17 Å². The van der Waals surface area contributed by atoms with Crippen LogP contribution in [0.25, 0.3) is 72.0 Å². The molecule has 378 valence electrons. The van der Waals surface area contributed by atoms with E-state index in [2.05, 4.69) is 299 Å². The average Bonchev–Trinajstić information content (AvgIpc) is 3.73. The summed E-state index contributed by atoms with van der Waals surface area (Å²) in [5.41, 5.74) is 30.5. The molecule has 0 aliphatic rings. The Bertz CT molecular complexity index is 3660. The highest BCUT2D eigenvalue weighted by molar-refractivity contribution is 6.11. The number of aromatic nitrogens is 1. The van der Waals surface area contributed by atoms with Gasteiger partial charge in [-0.1, -0.05) is 183 Å². The van der Waals surface area contributed by atoms with Gasteiger partial charge in [-0.25, -0.2) is 0 Å². The first-order valence-electron chi connectivity index (χ1n) is 27.2. The first kappa shape index (κ1) is 51.3. The molecule has 0 amide bonds. The van der Waals surface area contributed by atoms with Crippen LogP contribution in [-0.4, -0.2) is 4.57 Å². The lowest BCUT2D eigenvalue weighted by Gasteiger charge is -2.26. The molecule has 1 heterocycles. The minimum absolute atomic E-state index is 0.506. The SMILES string of the molecule is Cc1ccc(-c2ccc(N(c3ccc(-c4ccc(C)cc4C)cc3)c3ccc(C(C)C)cc3)cc2)c(C)c1.Cc1ccc(-c2ccc3c(c2)c2cc(-c4ccc(C)cc4C)ccc2n3-c2ccc(C(C)C)cc2)c(C)c1. The Balaban J connectivity index is 0.000000173. The van der Waals surface area contributed by atoms with E-state index in [-0.39, 0.29) is 0 Å². The molecule has 0 aliphatic heterocycles.